The van der Waals surface area contributed by atoms with E-state index in [9.17, 15) is 4.79 Å². The maximum absolute atomic E-state index is 13.1. The van der Waals surface area contributed by atoms with Crippen LogP contribution in [0.4, 0.5) is 11.8 Å². The van der Waals surface area contributed by atoms with E-state index in [4.69, 9.17) is 5.10 Å². The van der Waals surface area contributed by atoms with E-state index in [0.717, 1.165) is 49.0 Å². The second-order valence-corrected chi connectivity index (χ2v) is 9.11. The van der Waals surface area contributed by atoms with Crippen molar-refractivity contribution in [1.29, 1.82) is 0 Å². The lowest BCUT2D eigenvalue weighted by atomic mass is 9.92. The van der Waals surface area contributed by atoms with Crippen LogP contribution < -0.4 is 10.2 Å². The van der Waals surface area contributed by atoms with Gasteiger partial charge in [0.2, 0.25) is 11.9 Å². The third-order valence-corrected chi connectivity index (χ3v) is 5.68. The fourth-order valence-electron chi connectivity index (χ4n) is 3.79. The quantitative estimate of drug-likeness (QED) is 0.681. The van der Waals surface area contributed by atoms with E-state index in [2.05, 4.69) is 53.1 Å². The molecule has 1 aliphatic heterocycles. The summed E-state index contributed by atoms with van der Waals surface area (Å²) < 4.78 is 1.90. The molecule has 1 amide bonds. The molecule has 3 aromatic rings. The Hall–Kier alpha value is -3.22. The second-order valence-electron chi connectivity index (χ2n) is 9.11. The normalized spacial score (nSPS) is 15.1. The van der Waals surface area contributed by atoms with Crippen molar-refractivity contribution in [2.24, 2.45) is 5.92 Å². The number of nitrogens with one attached hydrogen (secondary N) is 1. The number of benzene rings is 1. The monoisotopic (exact) mass is 418 g/mol. The molecule has 31 heavy (non-hydrogen) atoms. The number of aromatic nitrogens is 4. The molecule has 162 valence electrons. The Kier molecular flexibility index (Phi) is 6.02. The molecule has 4 rings (SSSR count). The van der Waals surface area contributed by atoms with E-state index < -0.39 is 0 Å². The van der Waals surface area contributed by atoms with Crippen molar-refractivity contribution in [2.45, 2.75) is 45.6 Å². The van der Waals surface area contributed by atoms with E-state index in [1.165, 1.54) is 0 Å². The molecule has 1 saturated heterocycles. The van der Waals surface area contributed by atoms with Gasteiger partial charge in [-0.2, -0.15) is 5.10 Å². The van der Waals surface area contributed by atoms with Crippen LogP contribution in [0.3, 0.4) is 0 Å². The number of hydrogen-bond donors (Lipinski definition) is 1. The van der Waals surface area contributed by atoms with Crippen molar-refractivity contribution in [3.05, 3.63) is 66.1 Å². The van der Waals surface area contributed by atoms with Crippen LogP contribution in [-0.4, -0.2) is 38.7 Å². The van der Waals surface area contributed by atoms with Gasteiger partial charge in [-0.15, -0.1) is 0 Å². The van der Waals surface area contributed by atoms with Gasteiger partial charge < -0.3 is 10.2 Å². The summed E-state index contributed by atoms with van der Waals surface area (Å²) in [5, 5.41) is 7.96. The zero-order chi connectivity index (χ0) is 21.8. The molecule has 3 heterocycles. The lowest BCUT2D eigenvalue weighted by Gasteiger charge is -2.31. The lowest BCUT2D eigenvalue weighted by Crippen LogP contribution is -2.39. The summed E-state index contributed by atoms with van der Waals surface area (Å²) in [4.78, 5) is 23.9. The van der Waals surface area contributed by atoms with Gasteiger partial charge in [0.05, 0.1) is 12.2 Å². The molecule has 0 aliphatic carbocycles. The Morgan fingerprint density at radius 1 is 1.06 bits per heavy atom. The maximum atomic E-state index is 13.1. The fourth-order valence-corrected chi connectivity index (χ4v) is 3.79. The van der Waals surface area contributed by atoms with Gasteiger partial charge in [-0.3, -0.25) is 4.79 Å². The summed E-state index contributed by atoms with van der Waals surface area (Å²) in [6, 6.07) is 14.0. The minimum Gasteiger partial charge on any atom is -0.341 e. The van der Waals surface area contributed by atoms with E-state index in [1.54, 1.807) is 12.4 Å². The number of amides is 1. The SMILES string of the molecule is CC(C)(C)c1cc(NC(=O)C2CCN(c3ncccn3)CC2)n(Cc2ccccc2)n1. The molecule has 0 radical (unpaired) electrons. The first-order valence-electron chi connectivity index (χ1n) is 10.9. The molecule has 1 N–H and O–H groups in total. The molecule has 1 aliphatic rings. The van der Waals surface area contributed by atoms with Gasteiger partial charge in [0.1, 0.15) is 5.82 Å². The van der Waals surface area contributed by atoms with E-state index in [-0.39, 0.29) is 17.2 Å². The molecule has 0 saturated carbocycles. The predicted octanol–water partition coefficient (Wildman–Crippen LogP) is 3.87. The van der Waals surface area contributed by atoms with Gasteiger partial charge in [-0.05, 0) is 24.5 Å². The molecule has 0 spiro atoms. The lowest BCUT2D eigenvalue weighted by molar-refractivity contribution is -0.120. The number of anilines is 2. The van der Waals surface area contributed by atoms with Crippen molar-refractivity contribution < 1.29 is 4.79 Å². The molecule has 7 nitrogen and oxygen atoms in total. The molecule has 2 aromatic heterocycles. The van der Waals surface area contributed by atoms with Crippen LogP contribution in [0.1, 0.15) is 44.9 Å². The number of piperidine rings is 1. The highest BCUT2D eigenvalue weighted by Crippen LogP contribution is 2.26. The first-order valence-corrected chi connectivity index (χ1v) is 10.9. The first kappa shape index (κ1) is 21.0. The van der Waals surface area contributed by atoms with Crippen molar-refractivity contribution in [3.8, 4) is 0 Å². The Bertz CT molecular complexity index is 1000. The molecule has 1 fully saturated rings. The number of nitrogens with zero attached hydrogens (tertiary/aromatic N) is 5. The summed E-state index contributed by atoms with van der Waals surface area (Å²) in [5.41, 5.74) is 2.02. The molecular formula is C24H30N6O. The standard InChI is InChI=1S/C24H30N6O/c1-24(2,3)20-16-21(30(28-20)17-18-8-5-4-6-9-18)27-22(31)19-10-14-29(15-11-19)23-25-12-7-13-26-23/h4-9,12-13,16,19H,10-11,14-15,17H2,1-3H3,(H,27,31). The molecular weight excluding hydrogens is 388 g/mol. The van der Waals surface area contributed by atoms with E-state index >= 15 is 0 Å². The van der Waals surface area contributed by atoms with Gasteiger partial charge >= 0.3 is 0 Å². The second kappa shape index (κ2) is 8.88. The minimum absolute atomic E-state index is 0.0295. The maximum Gasteiger partial charge on any atom is 0.228 e. The highest BCUT2D eigenvalue weighted by atomic mass is 16.2. The summed E-state index contributed by atoms with van der Waals surface area (Å²) in [7, 11) is 0. The van der Waals surface area contributed by atoms with Crippen LogP contribution >= 0.6 is 0 Å². The highest BCUT2D eigenvalue weighted by Gasteiger charge is 2.28. The fraction of sp³-hybridized carbons (Fsp3) is 0.417. The smallest absolute Gasteiger partial charge is 0.228 e. The largest absolute Gasteiger partial charge is 0.341 e. The molecule has 0 bridgehead atoms. The average Bonchev–Trinajstić information content (AvgIpc) is 3.18. The van der Waals surface area contributed by atoms with Gasteiger partial charge in [-0.25, -0.2) is 14.6 Å². The minimum atomic E-state index is -0.0948. The summed E-state index contributed by atoms with van der Waals surface area (Å²) >= 11 is 0. The van der Waals surface area contributed by atoms with E-state index in [0.29, 0.717) is 6.54 Å². The average molecular weight is 419 g/mol. The highest BCUT2D eigenvalue weighted by molar-refractivity contribution is 5.92. The molecule has 7 heteroatoms. The van der Waals surface area contributed by atoms with Crippen LogP contribution in [0.15, 0.2) is 54.9 Å². The van der Waals surface area contributed by atoms with Gasteiger partial charge in [0, 0.05) is 42.9 Å². The van der Waals surface area contributed by atoms with Crippen molar-refractivity contribution in [3.63, 3.8) is 0 Å². The van der Waals surface area contributed by atoms with Crippen LogP contribution in [0, 0.1) is 5.92 Å². The third kappa shape index (κ3) is 5.10. The number of carbonyl (C=O) groups is 1. The van der Waals surface area contributed by atoms with Gasteiger partial charge in [0.15, 0.2) is 0 Å². The van der Waals surface area contributed by atoms with Crippen LogP contribution in [-0.2, 0) is 16.8 Å². The van der Waals surface area contributed by atoms with Crippen molar-refractivity contribution >= 4 is 17.7 Å². The zero-order valence-corrected chi connectivity index (χ0v) is 18.5. The molecule has 0 unspecified atom stereocenters. The van der Waals surface area contributed by atoms with Crippen LogP contribution in [0.5, 0.6) is 0 Å². The van der Waals surface area contributed by atoms with Crippen LogP contribution in [0.25, 0.3) is 0 Å². The Labute approximate surface area is 183 Å². The predicted molar refractivity (Wildman–Crippen MR) is 122 cm³/mol. The van der Waals surface area contributed by atoms with Crippen molar-refractivity contribution in [2.75, 3.05) is 23.3 Å². The molecule has 0 atom stereocenters. The Morgan fingerprint density at radius 3 is 2.39 bits per heavy atom. The number of rotatable bonds is 5. The van der Waals surface area contributed by atoms with E-state index in [1.807, 2.05) is 35.0 Å². The van der Waals surface area contributed by atoms with Gasteiger partial charge in [0.25, 0.3) is 0 Å². The van der Waals surface area contributed by atoms with Crippen molar-refractivity contribution in [1.82, 2.24) is 19.7 Å². The summed E-state index contributed by atoms with van der Waals surface area (Å²) in [6.45, 7) is 8.58. The van der Waals surface area contributed by atoms with Gasteiger partial charge in [-0.1, -0.05) is 51.1 Å². The number of carbonyl (C=O) groups excluding carboxylic acids is 1. The summed E-state index contributed by atoms with van der Waals surface area (Å²) in [5.74, 6) is 1.52. The number of hydrogen-bond acceptors (Lipinski definition) is 5. The summed E-state index contributed by atoms with van der Waals surface area (Å²) in [6.07, 6.45) is 5.07. The zero-order valence-electron chi connectivity index (χ0n) is 18.5. The van der Waals surface area contributed by atoms with Crippen LogP contribution in [0.2, 0.25) is 0 Å². The Morgan fingerprint density at radius 2 is 1.74 bits per heavy atom. The third-order valence-electron chi connectivity index (χ3n) is 5.68. The Balaban J connectivity index is 1.45. The molecule has 1 aromatic carbocycles. The first-order chi connectivity index (χ1) is 14.9. The topological polar surface area (TPSA) is 75.9 Å².